The molecule has 0 bridgehead atoms. The molecule has 0 amide bonds. The zero-order valence-corrected chi connectivity index (χ0v) is 11.1. The van der Waals surface area contributed by atoms with E-state index in [1.54, 1.807) is 30.3 Å². The third-order valence-corrected chi connectivity index (χ3v) is 3.35. The molecule has 6 nitrogen and oxygen atoms in total. The van der Waals surface area contributed by atoms with Crippen LogP contribution in [0.1, 0.15) is 10.4 Å². The molecule has 2 aromatic carbocycles. The van der Waals surface area contributed by atoms with E-state index < -0.39 is 5.97 Å². The molecule has 3 aromatic rings. The van der Waals surface area contributed by atoms with E-state index in [9.17, 15) is 4.79 Å². The minimum Gasteiger partial charge on any atom is -0.465 e. The monoisotopic (exact) mass is 282 g/mol. The summed E-state index contributed by atoms with van der Waals surface area (Å²) in [6.45, 7) is 0.206. The highest BCUT2D eigenvalue weighted by Crippen LogP contribution is 2.35. The van der Waals surface area contributed by atoms with Gasteiger partial charge in [-0.2, -0.15) is 0 Å². The molecule has 4 rings (SSSR count). The lowest BCUT2D eigenvalue weighted by atomic mass is 10.2. The lowest BCUT2D eigenvalue weighted by Gasteiger charge is -2.04. The summed E-state index contributed by atoms with van der Waals surface area (Å²) in [5.41, 5.74) is 3.18. The van der Waals surface area contributed by atoms with Crippen molar-refractivity contribution in [3.63, 3.8) is 0 Å². The topological polar surface area (TPSA) is 70.5 Å². The molecular weight excluding hydrogens is 272 g/mol. The Hall–Kier alpha value is -2.89. The van der Waals surface area contributed by atoms with Gasteiger partial charge in [0.2, 0.25) is 6.79 Å². The van der Waals surface area contributed by atoms with E-state index in [1.165, 1.54) is 7.11 Å². The molecule has 21 heavy (non-hydrogen) atoms. The van der Waals surface area contributed by atoms with Crippen LogP contribution in [-0.4, -0.2) is 29.8 Å². The number of methoxy groups -OCH3 is 1. The van der Waals surface area contributed by atoms with Crippen LogP contribution in [0, 0.1) is 0 Å². The van der Waals surface area contributed by atoms with Gasteiger partial charge in [-0.1, -0.05) is 0 Å². The Morgan fingerprint density at radius 3 is 2.29 bits per heavy atom. The molecule has 0 saturated heterocycles. The molecule has 0 unspecified atom stereocenters. The zero-order valence-electron chi connectivity index (χ0n) is 11.1. The molecule has 0 saturated carbocycles. The molecule has 0 fully saturated rings. The van der Waals surface area contributed by atoms with Crippen molar-refractivity contribution in [3.8, 4) is 11.5 Å². The second-order valence-corrected chi connectivity index (χ2v) is 4.61. The summed E-state index contributed by atoms with van der Waals surface area (Å²) < 4.78 is 15.4. The number of carbonyl (C=O) groups is 1. The van der Waals surface area contributed by atoms with Gasteiger partial charge in [0.1, 0.15) is 0 Å². The minimum atomic E-state index is -0.399. The normalized spacial score (nSPS) is 12.8. The van der Waals surface area contributed by atoms with Crippen LogP contribution < -0.4 is 9.47 Å². The Bertz CT molecular complexity index is 892. The SMILES string of the molecule is COC(=O)c1ccc2nc3cc4c(cc3nc2c1)OCO4. The number of hydrogen-bond donors (Lipinski definition) is 0. The molecule has 0 atom stereocenters. The van der Waals surface area contributed by atoms with Gasteiger partial charge in [0.15, 0.2) is 11.5 Å². The van der Waals surface area contributed by atoms with Crippen molar-refractivity contribution in [1.82, 2.24) is 9.97 Å². The summed E-state index contributed by atoms with van der Waals surface area (Å²) in [6.07, 6.45) is 0. The summed E-state index contributed by atoms with van der Waals surface area (Å²) in [4.78, 5) is 20.6. The quantitative estimate of drug-likeness (QED) is 0.504. The maximum atomic E-state index is 11.6. The summed E-state index contributed by atoms with van der Waals surface area (Å²) >= 11 is 0. The van der Waals surface area contributed by atoms with Crippen molar-refractivity contribution in [2.75, 3.05) is 13.9 Å². The summed E-state index contributed by atoms with van der Waals surface area (Å²) in [5.74, 6) is 0.923. The van der Waals surface area contributed by atoms with E-state index in [1.807, 2.05) is 0 Å². The van der Waals surface area contributed by atoms with E-state index in [0.717, 1.165) is 5.52 Å². The third kappa shape index (κ3) is 1.84. The number of hydrogen-bond acceptors (Lipinski definition) is 6. The van der Waals surface area contributed by atoms with E-state index >= 15 is 0 Å². The molecule has 1 aliphatic heterocycles. The Morgan fingerprint density at radius 2 is 1.62 bits per heavy atom. The fourth-order valence-corrected chi connectivity index (χ4v) is 2.31. The molecule has 1 aliphatic rings. The highest BCUT2D eigenvalue weighted by Gasteiger charge is 2.16. The van der Waals surface area contributed by atoms with E-state index in [0.29, 0.717) is 33.6 Å². The predicted molar refractivity (Wildman–Crippen MR) is 74.5 cm³/mol. The lowest BCUT2D eigenvalue weighted by Crippen LogP contribution is -2.01. The van der Waals surface area contributed by atoms with E-state index in [-0.39, 0.29) is 6.79 Å². The number of nitrogens with zero attached hydrogens (tertiary/aromatic N) is 2. The van der Waals surface area contributed by atoms with Gasteiger partial charge < -0.3 is 14.2 Å². The first-order chi connectivity index (χ1) is 10.2. The smallest absolute Gasteiger partial charge is 0.337 e. The third-order valence-electron chi connectivity index (χ3n) is 3.35. The van der Waals surface area contributed by atoms with Crippen molar-refractivity contribution in [2.24, 2.45) is 0 Å². The fraction of sp³-hybridized carbons (Fsp3) is 0.133. The van der Waals surface area contributed by atoms with Gasteiger partial charge >= 0.3 is 5.97 Å². The average Bonchev–Trinajstić information content (AvgIpc) is 2.96. The number of carbonyl (C=O) groups excluding carboxylic acids is 1. The molecule has 2 heterocycles. The van der Waals surface area contributed by atoms with Crippen molar-refractivity contribution in [1.29, 1.82) is 0 Å². The van der Waals surface area contributed by atoms with Gasteiger partial charge in [-0.15, -0.1) is 0 Å². The standard InChI is InChI=1S/C15H10N2O4/c1-19-15(18)8-2-3-9-10(4-8)17-12-6-14-13(20-7-21-14)5-11(12)16-9/h2-6H,7H2,1H3. The first-order valence-corrected chi connectivity index (χ1v) is 6.34. The second kappa shape index (κ2) is 4.31. The highest BCUT2D eigenvalue weighted by molar-refractivity contribution is 5.95. The summed E-state index contributed by atoms with van der Waals surface area (Å²) in [5, 5.41) is 0. The number of benzene rings is 2. The lowest BCUT2D eigenvalue weighted by molar-refractivity contribution is 0.0601. The van der Waals surface area contributed by atoms with Crippen LogP contribution in [0.15, 0.2) is 30.3 Å². The molecule has 6 heteroatoms. The number of esters is 1. The molecule has 0 N–H and O–H groups in total. The Kier molecular flexibility index (Phi) is 2.44. The number of fused-ring (bicyclic) bond motifs is 3. The van der Waals surface area contributed by atoms with E-state index in [4.69, 9.17) is 14.2 Å². The van der Waals surface area contributed by atoms with Gasteiger partial charge in [0, 0.05) is 12.1 Å². The maximum Gasteiger partial charge on any atom is 0.337 e. The molecule has 0 radical (unpaired) electrons. The van der Waals surface area contributed by atoms with Crippen molar-refractivity contribution in [2.45, 2.75) is 0 Å². The Labute approximate surface area is 119 Å². The van der Waals surface area contributed by atoms with Crippen LogP contribution in [0.3, 0.4) is 0 Å². The van der Waals surface area contributed by atoms with Crippen LogP contribution in [-0.2, 0) is 4.74 Å². The Morgan fingerprint density at radius 1 is 1.00 bits per heavy atom. The minimum absolute atomic E-state index is 0.206. The van der Waals surface area contributed by atoms with E-state index in [2.05, 4.69) is 9.97 Å². The van der Waals surface area contributed by atoms with Gasteiger partial charge in [-0.05, 0) is 18.2 Å². The average molecular weight is 282 g/mol. The second-order valence-electron chi connectivity index (χ2n) is 4.61. The Balaban J connectivity index is 1.95. The maximum absolute atomic E-state index is 11.6. The predicted octanol–water partition coefficient (Wildman–Crippen LogP) is 2.30. The highest BCUT2D eigenvalue weighted by atomic mass is 16.7. The summed E-state index contributed by atoms with van der Waals surface area (Å²) in [7, 11) is 1.35. The van der Waals surface area contributed by atoms with Gasteiger partial charge in [-0.3, -0.25) is 0 Å². The summed E-state index contributed by atoms with van der Waals surface area (Å²) in [6, 6.07) is 8.67. The van der Waals surface area contributed by atoms with Crippen LogP contribution >= 0.6 is 0 Å². The zero-order chi connectivity index (χ0) is 14.4. The molecule has 0 aliphatic carbocycles. The van der Waals surface area contributed by atoms with Gasteiger partial charge in [0.05, 0.1) is 34.7 Å². The van der Waals surface area contributed by atoms with Crippen LogP contribution in [0.5, 0.6) is 11.5 Å². The van der Waals surface area contributed by atoms with Crippen LogP contribution in [0.2, 0.25) is 0 Å². The number of rotatable bonds is 1. The van der Waals surface area contributed by atoms with Crippen molar-refractivity contribution >= 4 is 28.0 Å². The molecule has 104 valence electrons. The number of aromatic nitrogens is 2. The van der Waals surface area contributed by atoms with Gasteiger partial charge in [-0.25, -0.2) is 14.8 Å². The first kappa shape index (κ1) is 11.9. The molecule has 1 aromatic heterocycles. The molecular formula is C15H10N2O4. The van der Waals surface area contributed by atoms with Crippen LogP contribution in [0.4, 0.5) is 0 Å². The number of ether oxygens (including phenoxy) is 3. The largest absolute Gasteiger partial charge is 0.465 e. The van der Waals surface area contributed by atoms with Crippen molar-refractivity contribution in [3.05, 3.63) is 35.9 Å². The van der Waals surface area contributed by atoms with Crippen LogP contribution in [0.25, 0.3) is 22.1 Å². The van der Waals surface area contributed by atoms with Crippen molar-refractivity contribution < 1.29 is 19.0 Å². The first-order valence-electron chi connectivity index (χ1n) is 6.34. The van der Waals surface area contributed by atoms with Gasteiger partial charge in [0.25, 0.3) is 0 Å². The molecule has 0 spiro atoms. The fourth-order valence-electron chi connectivity index (χ4n) is 2.31.